The van der Waals surface area contributed by atoms with Crippen LogP contribution in [-0.2, 0) is 22.7 Å². The quantitative estimate of drug-likeness (QED) is 0.140. The van der Waals surface area contributed by atoms with E-state index in [9.17, 15) is 19.5 Å². The number of benzene rings is 3. The zero-order valence-corrected chi connectivity index (χ0v) is 27.0. The predicted molar refractivity (Wildman–Crippen MR) is 179 cm³/mol. The molecule has 0 radical (unpaired) electrons. The average Bonchev–Trinajstić information content (AvgIpc) is 3.18. The topological polar surface area (TPSA) is 163 Å². The molecule has 4 amide bonds. The Morgan fingerprint density at radius 1 is 1.00 bits per heavy atom. The molecule has 0 saturated carbocycles. The van der Waals surface area contributed by atoms with Gasteiger partial charge in [-0.25, -0.2) is 4.79 Å². The number of amides is 4. The number of urea groups is 1. The second-order valence-electron chi connectivity index (χ2n) is 11.8. The van der Waals surface area contributed by atoms with E-state index in [1.807, 2.05) is 86.6 Å². The first-order valence-electron chi connectivity index (χ1n) is 15.3. The summed E-state index contributed by atoms with van der Waals surface area (Å²) in [5.41, 5.74) is 3.90. The summed E-state index contributed by atoms with van der Waals surface area (Å²) in [7, 11) is 0. The Bertz CT molecular complexity index is 1480. The van der Waals surface area contributed by atoms with E-state index in [4.69, 9.17) is 10.2 Å². The number of aliphatic hydroxyl groups excluding tert-OH is 3. The number of aliphatic hydroxyl groups is 3. The van der Waals surface area contributed by atoms with E-state index < -0.39 is 17.7 Å². The molecule has 246 valence electrons. The molecule has 2 atom stereocenters. The van der Waals surface area contributed by atoms with Crippen molar-refractivity contribution < 1.29 is 29.7 Å². The fourth-order valence-corrected chi connectivity index (χ4v) is 6.20. The van der Waals surface area contributed by atoms with Crippen LogP contribution >= 0.6 is 11.8 Å². The Morgan fingerprint density at radius 2 is 1.72 bits per heavy atom. The van der Waals surface area contributed by atoms with Crippen molar-refractivity contribution in [3.05, 3.63) is 83.9 Å². The summed E-state index contributed by atoms with van der Waals surface area (Å²) in [6.07, 6.45) is -0.843. The number of fused-ring (bicyclic) bond motifs is 1. The maximum atomic E-state index is 14.0. The van der Waals surface area contributed by atoms with Crippen LogP contribution in [0, 0.1) is 0 Å². The molecule has 0 spiro atoms. The monoisotopic (exact) mass is 649 g/mol. The third-order valence-electron chi connectivity index (χ3n) is 7.55. The van der Waals surface area contributed by atoms with E-state index in [1.165, 1.54) is 11.8 Å². The molecule has 0 unspecified atom stereocenters. The van der Waals surface area contributed by atoms with Gasteiger partial charge in [0.15, 0.2) is 0 Å². The number of nitrogens with zero attached hydrogens (tertiary/aromatic N) is 1. The molecule has 46 heavy (non-hydrogen) atoms. The summed E-state index contributed by atoms with van der Waals surface area (Å²) in [6.45, 7) is 4.10. The third-order valence-corrected chi connectivity index (χ3v) is 8.71. The molecule has 0 aromatic heterocycles. The summed E-state index contributed by atoms with van der Waals surface area (Å²) in [5.74, 6) is -0.104. The van der Waals surface area contributed by atoms with Crippen LogP contribution in [0.3, 0.4) is 0 Å². The van der Waals surface area contributed by atoms with Crippen molar-refractivity contribution in [2.24, 2.45) is 0 Å². The predicted octanol–water partition coefficient (Wildman–Crippen LogP) is 2.38. The summed E-state index contributed by atoms with van der Waals surface area (Å²) in [5, 5.41) is 39.1. The van der Waals surface area contributed by atoms with Gasteiger partial charge in [0, 0.05) is 42.2 Å². The molecule has 0 aliphatic carbocycles. The van der Waals surface area contributed by atoms with Crippen molar-refractivity contribution in [1.29, 1.82) is 0 Å². The number of nitrogens with one attached hydrogen (secondary N) is 4. The highest BCUT2D eigenvalue weighted by molar-refractivity contribution is 7.99. The van der Waals surface area contributed by atoms with Crippen LogP contribution in [0.25, 0.3) is 11.1 Å². The van der Waals surface area contributed by atoms with Gasteiger partial charge in [0.25, 0.3) is 5.91 Å². The van der Waals surface area contributed by atoms with Gasteiger partial charge < -0.3 is 41.5 Å². The lowest BCUT2D eigenvalue weighted by atomic mass is 9.98. The van der Waals surface area contributed by atoms with Gasteiger partial charge in [0.1, 0.15) is 6.04 Å². The number of carbonyl (C=O) groups excluding carboxylic acids is 3. The van der Waals surface area contributed by atoms with Crippen LogP contribution in [0.5, 0.6) is 0 Å². The smallest absolute Gasteiger partial charge is 0.315 e. The van der Waals surface area contributed by atoms with Crippen LogP contribution in [-0.4, -0.2) is 82.9 Å². The molecule has 0 bridgehead atoms. The number of hydrogen-bond donors (Lipinski definition) is 7. The van der Waals surface area contributed by atoms with Crippen LogP contribution < -0.4 is 26.2 Å². The van der Waals surface area contributed by atoms with Gasteiger partial charge in [-0.2, -0.15) is 0 Å². The number of para-hydroxylation sites is 1. The number of anilines is 1. The SMILES string of the molecule is CC(C)(CC(=O)N[C@@H]1CSc2ccccc2N(Cc2ccc(-c3ccccc3CNC(=O)NCCO)cc2)C1=O)NC[C@H](O)CO. The Kier molecular flexibility index (Phi) is 12.6. The number of rotatable bonds is 14. The van der Waals surface area contributed by atoms with Crippen LogP contribution in [0.2, 0.25) is 0 Å². The van der Waals surface area contributed by atoms with E-state index in [-0.39, 0.29) is 50.6 Å². The van der Waals surface area contributed by atoms with Crippen molar-refractivity contribution in [3.8, 4) is 11.1 Å². The zero-order chi connectivity index (χ0) is 33.1. The number of carbonyl (C=O) groups is 3. The van der Waals surface area contributed by atoms with Crippen LogP contribution in [0.15, 0.2) is 77.7 Å². The third kappa shape index (κ3) is 9.78. The fourth-order valence-electron chi connectivity index (χ4n) is 5.12. The zero-order valence-electron chi connectivity index (χ0n) is 26.2. The maximum Gasteiger partial charge on any atom is 0.315 e. The standard InChI is InChI=1S/C34H43N5O6S/c1-34(2,37-19-26(42)21-41)17-31(43)38-28-22-46-30-10-6-5-9-29(30)39(32(28)44)20-23-11-13-24(14-12-23)27-8-4-3-7-25(27)18-36-33(45)35-15-16-40/h3-14,26,28,37,40-42H,15-22H2,1-2H3,(H,38,43)(H2,35,36,45)/t26-,28+/m0/s1. The second kappa shape index (κ2) is 16.6. The van der Waals surface area contributed by atoms with Gasteiger partial charge >= 0.3 is 6.03 Å². The average molecular weight is 650 g/mol. The molecule has 7 N–H and O–H groups in total. The van der Waals surface area contributed by atoms with Crippen molar-refractivity contribution in [3.63, 3.8) is 0 Å². The summed E-state index contributed by atoms with van der Waals surface area (Å²) in [6, 6.07) is 22.3. The number of thioether (sulfide) groups is 1. The van der Waals surface area contributed by atoms with Crippen molar-refractivity contribution in [1.82, 2.24) is 21.3 Å². The number of hydrogen-bond acceptors (Lipinski definition) is 8. The lowest BCUT2D eigenvalue weighted by molar-refractivity contribution is -0.128. The van der Waals surface area contributed by atoms with Crippen molar-refractivity contribution >= 4 is 35.3 Å². The van der Waals surface area contributed by atoms with Gasteiger partial charge in [-0.05, 0) is 48.2 Å². The van der Waals surface area contributed by atoms with Gasteiger partial charge in [-0.1, -0.05) is 60.7 Å². The molecular formula is C34H43N5O6S. The molecule has 1 aliphatic rings. The van der Waals surface area contributed by atoms with E-state index in [0.29, 0.717) is 18.8 Å². The highest BCUT2D eigenvalue weighted by atomic mass is 32.2. The van der Waals surface area contributed by atoms with Gasteiger partial charge in [-0.15, -0.1) is 11.8 Å². The Morgan fingerprint density at radius 3 is 2.46 bits per heavy atom. The van der Waals surface area contributed by atoms with E-state index >= 15 is 0 Å². The lowest BCUT2D eigenvalue weighted by Gasteiger charge is -2.29. The molecule has 12 heteroatoms. The minimum Gasteiger partial charge on any atom is -0.395 e. The van der Waals surface area contributed by atoms with E-state index in [0.717, 1.165) is 32.8 Å². The van der Waals surface area contributed by atoms with Crippen LogP contribution in [0.4, 0.5) is 10.5 Å². The molecule has 3 aromatic rings. The molecule has 1 heterocycles. The Balaban J connectivity index is 1.47. The minimum absolute atomic E-state index is 0.0817. The maximum absolute atomic E-state index is 14.0. The van der Waals surface area contributed by atoms with Crippen molar-refractivity contribution in [2.75, 3.05) is 37.0 Å². The highest BCUT2D eigenvalue weighted by Crippen LogP contribution is 2.35. The summed E-state index contributed by atoms with van der Waals surface area (Å²) < 4.78 is 0. The Hall–Kier alpha value is -3.94. The van der Waals surface area contributed by atoms with Gasteiger partial charge in [0.05, 0.1) is 31.5 Å². The largest absolute Gasteiger partial charge is 0.395 e. The van der Waals surface area contributed by atoms with E-state index in [2.05, 4.69) is 21.3 Å². The molecule has 11 nitrogen and oxygen atoms in total. The minimum atomic E-state index is -0.925. The molecule has 1 aliphatic heterocycles. The first-order chi connectivity index (χ1) is 22.1. The van der Waals surface area contributed by atoms with Crippen LogP contribution in [0.1, 0.15) is 31.4 Å². The molecule has 4 rings (SSSR count). The first-order valence-corrected chi connectivity index (χ1v) is 16.2. The lowest BCUT2D eigenvalue weighted by Crippen LogP contribution is -2.52. The molecular weight excluding hydrogens is 606 g/mol. The van der Waals surface area contributed by atoms with E-state index in [1.54, 1.807) is 4.90 Å². The fraction of sp³-hybridized carbons (Fsp3) is 0.382. The molecule has 0 saturated heterocycles. The molecule has 3 aromatic carbocycles. The first kappa shape index (κ1) is 34.9. The summed E-state index contributed by atoms with van der Waals surface area (Å²) in [4.78, 5) is 41.7. The highest BCUT2D eigenvalue weighted by Gasteiger charge is 2.33. The second-order valence-corrected chi connectivity index (χ2v) is 12.9. The van der Waals surface area contributed by atoms with Crippen molar-refractivity contribution in [2.45, 2.75) is 55.9 Å². The summed E-state index contributed by atoms with van der Waals surface area (Å²) >= 11 is 1.52. The molecule has 0 fully saturated rings. The number of β-amino-alcohol motifs (C(OH)–C–C–N with tert-alkyl or cyclic N) is 1. The normalized spacial score (nSPS) is 15.5. The van der Waals surface area contributed by atoms with Gasteiger partial charge in [-0.3, -0.25) is 9.59 Å². The van der Waals surface area contributed by atoms with Gasteiger partial charge in [0.2, 0.25) is 5.91 Å². The Labute approximate surface area is 273 Å².